The molecule has 0 radical (unpaired) electrons. The minimum absolute atomic E-state index is 0.0720. The van der Waals surface area contributed by atoms with Gasteiger partial charge in [0.25, 0.3) is 0 Å². The van der Waals surface area contributed by atoms with Crippen molar-refractivity contribution in [3.8, 4) is 191 Å². The van der Waals surface area contributed by atoms with Crippen LogP contribution in [-0.2, 0) is 0 Å². The Bertz CT molecular complexity index is 6970. The summed E-state index contributed by atoms with van der Waals surface area (Å²) in [6.45, 7) is 0. The van der Waals surface area contributed by atoms with Gasteiger partial charge in [-0.2, -0.15) is 68.4 Å². The van der Waals surface area contributed by atoms with E-state index in [1.54, 1.807) is 36.4 Å². The molecule has 0 spiro atoms. The fourth-order valence-corrected chi connectivity index (χ4v) is 14.8. The first-order valence-corrected chi connectivity index (χ1v) is 34.3. The maximum atomic E-state index is 10.8. The molecular weight excluding hydrogens is 1380 g/mol. The fraction of sp³-hybridized carbons (Fsp3) is 0. The largest absolute Gasteiger partial charge is 0.309 e. The molecule has 0 saturated heterocycles. The van der Waals surface area contributed by atoms with Gasteiger partial charge in [0.15, 0.2) is 17.5 Å². The lowest BCUT2D eigenvalue weighted by atomic mass is 9.91. The maximum absolute atomic E-state index is 10.8. The van der Waals surface area contributed by atoms with E-state index in [0.717, 1.165) is 16.7 Å². The molecule has 0 amide bonds. The highest BCUT2D eigenvalue weighted by molar-refractivity contribution is 6.15. The molecule has 0 fully saturated rings. The van der Waals surface area contributed by atoms with Crippen molar-refractivity contribution in [2.24, 2.45) is 0 Å². The van der Waals surface area contributed by atoms with Crippen molar-refractivity contribution in [3.63, 3.8) is 0 Å². The zero-order valence-corrected chi connectivity index (χ0v) is 58.1. The van der Waals surface area contributed by atoms with Crippen LogP contribution in [0.25, 0.3) is 156 Å². The highest BCUT2D eigenvalue weighted by atomic mass is 15.0. The van der Waals surface area contributed by atoms with Crippen LogP contribution in [0.3, 0.4) is 0 Å². The first-order valence-electron chi connectivity index (χ1n) is 34.3. The average molecular weight is 1420 g/mol. The molecule has 0 atom stereocenters. The van der Waals surface area contributed by atoms with E-state index >= 15 is 0 Å². The van der Waals surface area contributed by atoms with E-state index < -0.39 is 0 Å². The number of fused-ring (bicyclic) bond motifs is 6. The Kier molecular flexibility index (Phi) is 17.1. The SMILES string of the molecule is N#Cc1ccc(-c2ccc(-c3cc(-c4nc(-c5ccccc5)nc(-c5ccccc5)n4)ccc3-n3c4ccc(-c5c(C#N)cc(C#N)cc5C#N)cc4c4cc(-c5c(C#N)cc(C#N)cc5C#N)ccc43)c(-n3c4ccc(-c5c(C#N)cc(C#N)cc5C#N)cc4c4cc(-c5c(C#N)cc(C#N)cc5C#N)ccc43)c2)cc1. The molecule has 0 bridgehead atoms. The van der Waals surface area contributed by atoms with Gasteiger partial charge in [-0.3, -0.25) is 0 Å². The predicted molar refractivity (Wildman–Crippen MR) is 419 cm³/mol. The Morgan fingerprint density at radius 1 is 0.196 bits per heavy atom. The molecule has 0 unspecified atom stereocenters. The van der Waals surface area contributed by atoms with E-state index in [1.165, 1.54) is 48.5 Å². The Labute approximate surface area is 638 Å². The van der Waals surface area contributed by atoms with Crippen LogP contribution < -0.4 is 0 Å². The van der Waals surface area contributed by atoms with Gasteiger partial charge in [0.2, 0.25) is 0 Å². The van der Waals surface area contributed by atoms with Gasteiger partial charge in [0, 0.05) is 71.6 Å². The van der Waals surface area contributed by atoms with Crippen molar-refractivity contribution in [2.45, 2.75) is 0 Å². The number of hydrogen-bond donors (Lipinski definition) is 0. The van der Waals surface area contributed by atoms with E-state index in [2.05, 4.69) is 88.0 Å². The third-order valence-corrected chi connectivity index (χ3v) is 19.8. The van der Waals surface area contributed by atoms with Gasteiger partial charge in [-0.15, -0.1) is 0 Å². The van der Waals surface area contributed by atoms with Gasteiger partial charge in [0.1, 0.15) is 0 Å². The monoisotopic (exact) mass is 1420 g/mol. The molecule has 506 valence electrons. The summed E-state index contributed by atoms with van der Waals surface area (Å²) >= 11 is 0. The molecule has 0 saturated carbocycles. The zero-order chi connectivity index (χ0) is 77.4. The van der Waals surface area contributed by atoms with Crippen LogP contribution in [0, 0.1) is 147 Å². The zero-order valence-electron chi connectivity index (χ0n) is 58.1. The summed E-state index contributed by atoms with van der Waals surface area (Å²) in [6, 6.07) is 99.9. The molecular formula is C94H40N18. The third kappa shape index (κ3) is 11.6. The molecule has 3 aromatic heterocycles. The Balaban J connectivity index is 1.06. The Hall–Kier alpha value is -18.2. The molecule has 0 aliphatic heterocycles. The molecule has 0 aliphatic rings. The molecule has 0 aliphatic carbocycles. The number of nitrogens with zero attached hydrogens (tertiary/aromatic N) is 18. The number of aromatic nitrogens is 5. The van der Waals surface area contributed by atoms with Gasteiger partial charge >= 0.3 is 0 Å². The van der Waals surface area contributed by atoms with Gasteiger partial charge in [-0.25, -0.2) is 15.0 Å². The molecule has 112 heavy (non-hydrogen) atoms. The lowest BCUT2D eigenvalue weighted by Gasteiger charge is -2.21. The molecule has 16 rings (SSSR count). The summed E-state index contributed by atoms with van der Waals surface area (Å²) in [5, 5.41) is 139. The average Bonchev–Trinajstić information content (AvgIpc) is 1.57. The topological polar surface area (TPSA) is 358 Å². The van der Waals surface area contributed by atoms with Crippen LogP contribution >= 0.6 is 0 Å². The van der Waals surface area contributed by atoms with Crippen molar-refractivity contribution in [2.75, 3.05) is 0 Å². The first-order chi connectivity index (χ1) is 54.9. The van der Waals surface area contributed by atoms with Gasteiger partial charge in [-0.1, -0.05) is 109 Å². The molecule has 3 heterocycles. The van der Waals surface area contributed by atoms with Crippen molar-refractivity contribution in [3.05, 3.63) is 315 Å². The summed E-state index contributed by atoms with van der Waals surface area (Å²) in [5.41, 5.74) is 12.4. The summed E-state index contributed by atoms with van der Waals surface area (Å²) in [6.07, 6.45) is 0. The van der Waals surface area contributed by atoms with Gasteiger partial charge in [-0.05, 0) is 167 Å². The Morgan fingerprint density at radius 3 is 0.795 bits per heavy atom. The van der Waals surface area contributed by atoms with Gasteiger partial charge < -0.3 is 9.13 Å². The Morgan fingerprint density at radius 2 is 0.482 bits per heavy atom. The van der Waals surface area contributed by atoms with Gasteiger partial charge in [0.05, 0.1) is 185 Å². The molecule has 0 N–H and O–H groups in total. The van der Waals surface area contributed by atoms with Crippen LogP contribution in [0.1, 0.15) is 72.3 Å². The quantitative estimate of drug-likeness (QED) is 0.116. The molecule has 18 nitrogen and oxygen atoms in total. The summed E-state index contributed by atoms with van der Waals surface area (Å²) in [7, 11) is 0. The second-order valence-electron chi connectivity index (χ2n) is 25.9. The first kappa shape index (κ1) is 68.3. The molecule has 18 heteroatoms. The highest BCUT2D eigenvalue weighted by Crippen LogP contribution is 2.48. The van der Waals surface area contributed by atoms with Crippen LogP contribution in [0.2, 0.25) is 0 Å². The van der Waals surface area contributed by atoms with Crippen molar-refractivity contribution in [1.82, 2.24) is 24.1 Å². The van der Waals surface area contributed by atoms with E-state index in [9.17, 15) is 68.4 Å². The maximum Gasteiger partial charge on any atom is 0.164 e. The third-order valence-electron chi connectivity index (χ3n) is 19.8. The van der Waals surface area contributed by atoms with Crippen molar-refractivity contribution < 1.29 is 0 Å². The van der Waals surface area contributed by atoms with E-state index in [4.69, 9.17) is 15.0 Å². The van der Waals surface area contributed by atoms with Crippen LogP contribution in [-0.4, -0.2) is 24.1 Å². The van der Waals surface area contributed by atoms with Crippen LogP contribution in [0.5, 0.6) is 0 Å². The van der Waals surface area contributed by atoms with E-state index in [-0.39, 0.29) is 89.0 Å². The lowest BCUT2D eigenvalue weighted by Crippen LogP contribution is -2.04. The predicted octanol–water partition coefficient (Wildman–Crippen LogP) is 19.4. The number of benzene rings is 13. The second-order valence-corrected chi connectivity index (χ2v) is 25.9. The van der Waals surface area contributed by atoms with Crippen molar-refractivity contribution in [1.29, 1.82) is 68.4 Å². The molecule has 16 aromatic rings. The van der Waals surface area contributed by atoms with Crippen LogP contribution in [0.15, 0.2) is 243 Å². The van der Waals surface area contributed by atoms with Crippen LogP contribution in [0.4, 0.5) is 0 Å². The highest BCUT2D eigenvalue weighted by Gasteiger charge is 2.28. The van der Waals surface area contributed by atoms with Crippen molar-refractivity contribution >= 4 is 43.6 Å². The minimum atomic E-state index is 0.0720. The van der Waals surface area contributed by atoms with E-state index in [1.807, 2.05) is 158 Å². The second kappa shape index (κ2) is 28.1. The fourth-order valence-electron chi connectivity index (χ4n) is 14.8. The summed E-state index contributed by atoms with van der Waals surface area (Å²) < 4.78 is 4.14. The minimum Gasteiger partial charge on any atom is -0.309 e. The summed E-state index contributed by atoms with van der Waals surface area (Å²) in [4.78, 5) is 15.5. The number of hydrogen-bond acceptors (Lipinski definition) is 16. The molecule has 13 aromatic carbocycles. The standard InChI is InChI=1S/C94H40N18/c95-41-54-11-13-59(14-12-54)62-15-21-76(87(40-62)112-85-24-18-65(90-72(50-104)31-57(44-98)32-73(90)51-105)37-80(85)81-38-66(19-25-86(81)112)91-74(52-106)33-58(45-99)34-75(91)53-107)77-39-67(94-109-92(60-7-3-1-4-8-60)108-93(110-94)61-9-5-2-6-10-61)20-26-82(77)111-83-22-16-63(88-68(46-100)27-55(42-96)28-69(88)47-101)35-78(83)79-36-64(17-23-84(79)111)89-70(48-102)29-56(43-97)30-71(89)49-103/h1-40H. The van der Waals surface area contributed by atoms with E-state index in [0.29, 0.717) is 123 Å². The summed E-state index contributed by atoms with van der Waals surface area (Å²) in [5.74, 6) is 1.07. The normalized spacial score (nSPS) is 10.6. The number of nitriles is 13. The smallest absolute Gasteiger partial charge is 0.164 e. The number of rotatable bonds is 11. The lowest BCUT2D eigenvalue weighted by molar-refractivity contribution is 1.07.